The lowest BCUT2D eigenvalue weighted by Crippen LogP contribution is -2.43. The second kappa shape index (κ2) is 8.15. The van der Waals surface area contributed by atoms with Gasteiger partial charge in [-0.1, -0.05) is 43.7 Å². The molecule has 1 amide bonds. The minimum absolute atomic E-state index is 0.299. The van der Waals surface area contributed by atoms with Crippen LogP contribution in [0.1, 0.15) is 48.9 Å². The molecule has 1 fully saturated rings. The third-order valence-electron chi connectivity index (χ3n) is 4.71. The van der Waals surface area contributed by atoms with Crippen molar-refractivity contribution in [3.8, 4) is 0 Å². The molecule has 2 heterocycles. The maximum absolute atomic E-state index is 12.7. The average molecular weight is 381 g/mol. The summed E-state index contributed by atoms with van der Waals surface area (Å²) in [7, 11) is 1.35. The van der Waals surface area contributed by atoms with Crippen molar-refractivity contribution in [2.24, 2.45) is 5.92 Å². The molecule has 5 nitrogen and oxygen atoms in total. The molecule has 0 radical (unpaired) electrons. The second-order valence-corrected chi connectivity index (χ2v) is 7.79. The van der Waals surface area contributed by atoms with Gasteiger partial charge in [0.25, 0.3) is 5.91 Å². The summed E-state index contributed by atoms with van der Waals surface area (Å²) in [5, 5.41) is 5.13. The lowest BCUT2D eigenvalue weighted by atomic mass is 9.85. The van der Waals surface area contributed by atoms with Crippen molar-refractivity contribution in [2.75, 3.05) is 7.11 Å². The van der Waals surface area contributed by atoms with E-state index in [2.05, 4.69) is 10.3 Å². The number of hydrogen-bond acceptors (Lipinski definition) is 5. The largest absolute Gasteiger partial charge is 0.467 e. The van der Waals surface area contributed by atoms with Crippen LogP contribution in [0.5, 0.6) is 0 Å². The highest BCUT2D eigenvalue weighted by Gasteiger charge is 2.27. The monoisotopic (exact) mass is 380 g/mol. The van der Waals surface area contributed by atoms with Crippen molar-refractivity contribution in [1.82, 2.24) is 10.3 Å². The smallest absolute Gasteiger partial charge is 0.328 e. The number of pyridine rings is 1. The molecule has 1 aliphatic rings. The Kier molecular flexibility index (Phi) is 5.91. The Morgan fingerprint density at radius 1 is 1.40 bits per heavy atom. The van der Waals surface area contributed by atoms with Gasteiger partial charge in [-0.3, -0.25) is 9.78 Å². The van der Waals surface area contributed by atoms with E-state index < -0.39 is 12.0 Å². The fourth-order valence-electron chi connectivity index (χ4n) is 3.40. The third kappa shape index (κ3) is 4.30. The molecule has 2 aromatic rings. The zero-order valence-corrected chi connectivity index (χ0v) is 15.7. The Bertz CT molecular complexity index is 771. The number of carbonyl (C=O) groups is 2. The van der Waals surface area contributed by atoms with E-state index in [4.69, 9.17) is 16.3 Å². The van der Waals surface area contributed by atoms with Gasteiger partial charge in [0.1, 0.15) is 6.04 Å². The first-order valence-corrected chi connectivity index (χ1v) is 9.75. The van der Waals surface area contributed by atoms with Crippen molar-refractivity contribution < 1.29 is 14.3 Å². The van der Waals surface area contributed by atoms with Crippen LogP contribution in [0.3, 0.4) is 0 Å². The fourth-order valence-corrected chi connectivity index (χ4v) is 4.56. The van der Waals surface area contributed by atoms with Gasteiger partial charge in [-0.05, 0) is 18.4 Å². The molecule has 1 N–H and O–H groups in total. The molecule has 0 aromatic carbocycles. The molecule has 7 heteroatoms. The van der Waals surface area contributed by atoms with Crippen LogP contribution in [0.2, 0.25) is 5.02 Å². The predicted octanol–water partition coefficient (Wildman–Crippen LogP) is 4.19. The molecule has 134 valence electrons. The number of fused-ring (bicyclic) bond motifs is 1. The number of esters is 1. The maximum Gasteiger partial charge on any atom is 0.328 e. The zero-order valence-electron chi connectivity index (χ0n) is 14.1. The molecule has 0 saturated heterocycles. The van der Waals surface area contributed by atoms with Crippen LogP contribution in [0.15, 0.2) is 17.6 Å². The number of rotatable bonds is 5. The van der Waals surface area contributed by atoms with Gasteiger partial charge < -0.3 is 10.1 Å². The molecule has 0 unspecified atom stereocenters. The van der Waals surface area contributed by atoms with Crippen LogP contribution in [0, 0.1) is 5.92 Å². The quantitative estimate of drug-likeness (QED) is 0.789. The molecule has 1 atom stereocenters. The number of nitrogens with one attached hydrogen (secondary N) is 1. The lowest BCUT2D eigenvalue weighted by Gasteiger charge is -2.25. The number of ether oxygens (including phenoxy) is 1. The van der Waals surface area contributed by atoms with Gasteiger partial charge in [-0.2, -0.15) is 0 Å². The Hall–Kier alpha value is -1.66. The van der Waals surface area contributed by atoms with Crippen LogP contribution in [-0.2, 0) is 9.53 Å². The van der Waals surface area contributed by atoms with E-state index in [1.165, 1.54) is 43.9 Å². The highest BCUT2D eigenvalue weighted by atomic mass is 35.5. The first-order valence-electron chi connectivity index (χ1n) is 8.50. The van der Waals surface area contributed by atoms with Gasteiger partial charge in [0.15, 0.2) is 0 Å². The molecular weight excluding hydrogens is 360 g/mol. The molecule has 3 rings (SSSR count). The van der Waals surface area contributed by atoms with E-state index in [0.717, 1.165) is 17.5 Å². The number of hydrogen-bond donors (Lipinski definition) is 1. The lowest BCUT2D eigenvalue weighted by molar-refractivity contribution is -0.143. The van der Waals surface area contributed by atoms with Crippen LogP contribution in [0.4, 0.5) is 0 Å². The van der Waals surface area contributed by atoms with Gasteiger partial charge in [-0.25, -0.2) is 4.79 Å². The summed E-state index contributed by atoms with van der Waals surface area (Å²) in [4.78, 5) is 29.1. The third-order valence-corrected chi connectivity index (χ3v) is 5.83. The van der Waals surface area contributed by atoms with Crippen molar-refractivity contribution in [3.63, 3.8) is 0 Å². The van der Waals surface area contributed by atoms with E-state index in [-0.39, 0.29) is 5.91 Å². The van der Waals surface area contributed by atoms with Crippen molar-refractivity contribution in [1.29, 1.82) is 0 Å². The Labute approximate surface area is 155 Å². The zero-order chi connectivity index (χ0) is 17.8. The molecule has 25 heavy (non-hydrogen) atoms. The van der Waals surface area contributed by atoms with E-state index >= 15 is 0 Å². The number of amides is 1. The summed E-state index contributed by atoms with van der Waals surface area (Å²) in [5.74, 6) is -0.240. The Morgan fingerprint density at radius 2 is 2.16 bits per heavy atom. The number of thiophene rings is 1. The molecule has 1 aliphatic carbocycles. The summed E-state index contributed by atoms with van der Waals surface area (Å²) in [6.07, 6.45) is 7.97. The van der Waals surface area contributed by atoms with Gasteiger partial charge >= 0.3 is 5.97 Å². The van der Waals surface area contributed by atoms with Gasteiger partial charge in [0.2, 0.25) is 0 Å². The molecular formula is C18H21ClN2O3S. The first kappa shape index (κ1) is 18.1. The average Bonchev–Trinajstić information content (AvgIpc) is 3.04. The van der Waals surface area contributed by atoms with E-state index in [1.807, 2.05) is 0 Å². The molecule has 0 spiro atoms. The standard InChI is InChI=1S/C18H21ClN2O3S/c1-24-18(23)14(7-11-5-3-2-4-6-11)21-17(22)13-10-25-15-8-12(19)9-20-16(13)15/h8-11,14H,2-7H2,1H3,(H,21,22)/t14-/m1/s1. The van der Waals surface area contributed by atoms with Crippen molar-refractivity contribution >= 4 is 45.0 Å². The topological polar surface area (TPSA) is 68.3 Å². The van der Waals surface area contributed by atoms with Crippen molar-refractivity contribution in [3.05, 3.63) is 28.2 Å². The van der Waals surface area contributed by atoms with Crippen molar-refractivity contribution in [2.45, 2.75) is 44.6 Å². The minimum atomic E-state index is -0.622. The van der Waals surface area contributed by atoms with E-state index in [0.29, 0.717) is 28.4 Å². The van der Waals surface area contributed by atoms with Gasteiger partial charge in [-0.15, -0.1) is 11.3 Å². The van der Waals surface area contributed by atoms with Gasteiger partial charge in [0, 0.05) is 11.6 Å². The number of aromatic nitrogens is 1. The summed E-state index contributed by atoms with van der Waals surface area (Å²) in [6.45, 7) is 0. The number of nitrogens with zero attached hydrogens (tertiary/aromatic N) is 1. The normalized spacial score (nSPS) is 16.6. The van der Waals surface area contributed by atoms with Crippen LogP contribution in [0.25, 0.3) is 10.2 Å². The van der Waals surface area contributed by atoms with E-state index in [9.17, 15) is 9.59 Å². The highest BCUT2D eigenvalue weighted by molar-refractivity contribution is 7.17. The molecule has 2 aromatic heterocycles. The van der Waals surface area contributed by atoms with Crippen LogP contribution >= 0.6 is 22.9 Å². The Balaban J connectivity index is 1.75. The predicted molar refractivity (Wildman–Crippen MR) is 99.1 cm³/mol. The SMILES string of the molecule is COC(=O)[C@@H](CC1CCCCC1)NC(=O)c1csc2cc(Cl)cnc12. The summed E-state index contributed by atoms with van der Waals surface area (Å²) in [6, 6.07) is 1.16. The van der Waals surface area contributed by atoms with Gasteiger partial charge in [0.05, 0.1) is 27.9 Å². The summed E-state index contributed by atoms with van der Waals surface area (Å²) in [5.41, 5.74) is 1.07. The minimum Gasteiger partial charge on any atom is -0.467 e. The number of halogens is 1. The highest BCUT2D eigenvalue weighted by Crippen LogP contribution is 2.29. The second-order valence-electron chi connectivity index (χ2n) is 6.44. The van der Waals surface area contributed by atoms with E-state index in [1.54, 1.807) is 11.4 Å². The molecule has 0 aliphatic heterocycles. The Morgan fingerprint density at radius 3 is 2.88 bits per heavy atom. The number of carbonyl (C=O) groups excluding carboxylic acids is 2. The maximum atomic E-state index is 12.7. The summed E-state index contributed by atoms with van der Waals surface area (Å²) >= 11 is 7.35. The van der Waals surface area contributed by atoms with Crippen LogP contribution in [-0.4, -0.2) is 30.0 Å². The molecule has 1 saturated carbocycles. The molecule has 0 bridgehead atoms. The van der Waals surface area contributed by atoms with Crippen LogP contribution < -0.4 is 5.32 Å². The summed E-state index contributed by atoms with van der Waals surface area (Å²) < 4.78 is 5.74. The first-order chi connectivity index (χ1) is 12.1. The fraction of sp³-hybridized carbons (Fsp3) is 0.500. The number of methoxy groups -OCH3 is 1.